The number of aromatic amines is 1. The largest absolute Gasteiger partial charge is 0.491 e. The van der Waals surface area contributed by atoms with Crippen molar-refractivity contribution >= 4 is 35.3 Å². The molecule has 204 valence electrons. The van der Waals surface area contributed by atoms with Crippen molar-refractivity contribution in [1.29, 1.82) is 0 Å². The Kier molecular flexibility index (Phi) is 7.63. The number of benzene rings is 2. The zero-order chi connectivity index (χ0) is 27.7. The molecule has 1 amide bonds. The number of nitrogens with two attached hydrogens (primary N) is 1. The SMILES string of the molecule is CC(C)(C)OC(=O)N1CCCC1COc1ccc(-c2c(Cl)cc(Nc3n[nH]c(N)n3)cc2C(F)(F)F)cc1. The molecule has 1 aromatic heterocycles. The van der Waals surface area contributed by atoms with Crippen molar-refractivity contribution < 1.29 is 27.4 Å². The number of anilines is 3. The summed E-state index contributed by atoms with van der Waals surface area (Å²) in [5, 5.41) is 8.70. The molecular weight excluding hydrogens is 525 g/mol. The fourth-order valence-corrected chi connectivity index (χ4v) is 4.46. The fourth-order valence-electron chi connectivity index (χ4n) is 4.14. The van der Waals surface area contributed by atoms with Gasteiger partial charge >= 0.3 is 12.3 Å². The highest BCUT2D eigenvalue weighted by atomic mass is 35.5. The number of hydrogen-bond donors (Lipinski definition) is 3. The van der Waals surface area contributed by atoms with E-state index in [-0.39, 0.29) is 46.4 Å². The summed E-state index contributed by atoms with van der Waals surface area (Å²) in [4.78, 5) is 18.0. The highest BCUT2D eigenvalue weighted by molar-refractivity contribution is 6.34. The molecule has 1 aliphatic heterocycles. The van der Waals surface area contributed by atoms with Crippen molar-refractivity contribution in [2.24, 2.45) is 0 Å². The average molecular weight is 553 g/mol. The summed E-state index contributed by atoms with van der Waals surface area (Å²) in [6.07, 6.45) is -3.47. The van der Waals surface area contributed by atoms with Crippen molar-refractivity contribution in [3.63, 3.8) is 0 Å². The number of rotatable bonds is 6. The second-order valence-electron chi connectivity index (χ2n) is 9.85. The number of ether oxygens (including phenoxy) is 2. The molecule has 1 fully saturated rings. The van der Waals surface area contributed by atoms with E-state index in [1.807, 2.05) is 0 Å². The maximum Gasteiger partial charge on any atom is 0.417 e. The summed E-state index contributed by atoms with van der Waals surface area (Å²) in [6.45, 7) is 6.23. The molecule has 13 heteroatoms. The molecule has 4 rings (SSSR count). The number of halogens is 4. The molecule has 0 spiro atoms. The molecule has 1 atom stereocenters. The summed E-state index contributed by atoms with van der Waals surface area (Å²) in [6, 6.07) is 8.29. The van der Waals surface area contributed by atoms with Crippen LogP contribution in [0.2, 0.25) is 5.02 Å². The van der Waals surface area contributed by atoms with Gasteiger partial charge in [0.25, 0.3) is 0 Å². The Hall–Kier alpha value is -3.67. The van der Waals surface area contributed by atoms with E-state index < -0.39 is 23.4 Å². The average Bonchev–Trinajstić information content (AvgIpc) is 3.45. The topological polar surface area (TPSA) is 118 Å². The maximum atomic E-state index is 14.0. The summed E-state index contributed by atoms with van der Waals surface area (Å²) in [5.74, 6) is 0.474. The highest BCUT2D eigenvalue weighted by Gasteiger charge is 2.36. The third-order valence-corrected chi connectivity index (χ3v) is 6.04. The Morgan fingerprint density at radius 2 is 1.95 bits per heavy atom. The number of likely N-dealkylation sites (tertiary alicyclic amines) is 1. The molecule has 1 aliphatic rings. The van der Waals surface area contributed by atoms with E-state index in [1.54, 1.807) is 37.8 Å². The van der Waals surface area contributed by atoms with Crippen LogP contribution in [0.3, 0.4) is 0 Å². The van der Waals surface area contributed by atoms with Gasteiger partial charge in [0.1, 0.15) is 18.0 Å². The highest BCUT2D eigenvalue weighted by Crippen LogP contribution is 2.43. The smallest absolute Gasteiger partial charge is 0.417 e. The van der Waals surface area contributed by atoms with Crippen LogP contribution in [-0.4, -0.2) is 51.0 Å². The van der Waals surface area contributed by atoms with E-state index in [0.29, 0.717) is 12.3 Å². The Balaban J connectivity index is 1.50. The van der Waals surface area contributed by atoms with Crippen molar-refractivity contribution in [2.45, 2.75) is 51.4 Å². The molecular formula is C25H28ClF3N6O3. The van der Waals surface area contributed by atoms with Crippen LogP contribution < -0.4 is 15.8 Å². The minimum atomic E-state index is -4.68. The number of amides is 1. The van der Waals surface area contributed by atoms with Crippen LogP contribution in [0.25, 0.3) is 11.1 Å². The monoisotopic (exact) mass is 552 g/mol. The molecule has 9 nitrogen and oxygen atoms in total. The van der Waals surface area contributed by atoms with Gasteiger partial charge < -0.3 is 25.4 Å². The predicted octanol–water partition coefficient (Wildman–Crippen LogP) is 6.25. The van der Waals surface area contributed by atoms with E-state index in [2.05, 4.69) is 20.5 Å². The zero-order valence-electron chi connectivity index (χ0n) is 21.0. The molecule has 1 unspecified atom stereocenters. The van der Waals surface area contributed by atoms with E-state index in [4.69, 9.17) is 26.8 Å². The molecule has 0 bridgehead atoms. The maximum absolute atomic E-state index is 14.0. The lowest BCUT2D eigenvalue weighted by Gasteiger charge is -2.28. The van der Waals surface area contributed by atoms with Gasteiger partial charge in [0, 0.05) is 17.8 Å². The number of H-pyrrole nitrogens is 1. The number of alkyl halides is 3. The molecule has 0 aliphatic carbocycles. The molecule has 0 saturated carbocycles. The number of nitrogens with one attached hydrogen (secondary N) is 2. The van der Waals surface area contributed by atoms with Crippen LogP contribution in [0.1, 0.15) is 39.2 Å². The van der Waals surface area contributed by atoms with Crippen molar-refractivity contribution in [3.8, 4) is 16.9 Å². The van der Waals surface area contributed by atoms with Crippen LogP contribution >= 0.6 is 11.6 Å². The molecule has 3 aromatic rings. The molecule has 0 radical (unpaired) electrons. The van der Waals surface area contributed by atoms with E-state index in [1.165, 1.54) is 18.2 Å². The lowest BCUT2D eigenvalue weighted by molar-refractivity contribution is -0.137. The molecule has 1 saturated heterocycles. The molecule has 38 heavy (non-hydrogen) atoms. The summed E-state index contributed by atoms with van der Waals surface area (Å²) in [5.41, 5.74) is 4.08. The van der Waals surface area contributed by atoms with Crippen molar-refractivity contribution in [3.05, 3.63) is 47.0 Å². The van der Waals surface area contributed by atoms with Gasteiger partial charge in [-0.1, -0.05) is 23.7 Å². The van der Waals surface area contributed by atoms with Gasteiger partial charge in [-0.25, -0.2) is 9.89 Å². The second-order valence-corrected chi connectivity index (χ2v) is 10.3. The van der Waals surface area contributed by atoms with Gasteiger partial charge in [0.15, 0.2) is 0 Å². The first-order chi connectivity index (χ1) is 17.8. The fraction of sp³-hybridized carbons (Fsp3) is 0.400. The van der Waals surface area contributed by atoms with E-state index in [9.17, 15) is 18.0 Å². The molecule has 2 aromatic carbocycles. The minimum Gasteiger partial charge on any atom is -0.491 e. The Bertz CT molecular complexity index is 1290. The lowest BCUT2D eigenvalue weighted by atomic mass is 9.98. The third kappa shape index (κ3) is 6.60. The first kappa shape index (κ1) is 27.4. The van der Waals surface area contributed by atoms with Gasteiger partial charge in [-0.3, -0.25) is 0 Å². The van der Waals surface area contributed by atoms with Crippen molar-refractivity contribution in [2.75, 3.05) is 24.2 Å². The quantitative estimate of drug-likeness (QED) is 0.331. The Labute approximate surface area is 222 Å². The van der Waals surface area contributed by atoms with Crippen LogP contribution in [-0.2, 0) is 10.9 Å². The molecule has 4 N–H and O–H groups in total. The van der Waals surface area contributed by atoms with Crippen LogP contribution in [0.4, 0.5) is 35.5 Å². The summed E-state index contributed by atoms with van der Waals surface area (Å²) in [7, 11) is 0. The number of nitrogen functional groups attached to an aromatic ring is 1. The van der Waals surface area contributed by atoms with Crippen molar-refractivity contribution in [1.82, 2.24) is 20.1 Å². The lowest BCUT2D eigenvalue weighted by Crippen LogP contribution is -2.42. The van der Waals surface area contributed by atoms with Crippen LogP contribution in [0.15, 0.2) is 36.4 Å². The normalized spacial score (nSPS) is 16.0. The third-order valence-electron chi connectivity index (χ3n) is 5.74. The Morgan fingerprint density at radius 3 is 2.55 bits per heavy atom. The second kappa shape index (κ2) is 10.6. The van der Waals surface area contributed by atoms with Crippen LogP contribution in [0, 0.1) is 0 Å². The number of carbonyl (C=O) groups is 1. The number of nitrogens with zero attached hydrogens (tertiary/aromatic N) is 3. The number of aromatic nitrogens is 3. The summed E-state index contributed by atoms with van der Waals surface area (Å²) >= 11 is 6.33. The number of carbonyl (C=O) groups excluding carboxylic acids is 1. The standard InChI is InChI=1S/C25H28ClF3N6O3/c1-24(2,3)38-23(36)35-10-4-5-16(35)13-37-17-8-6-14(7-9-17)20-18(25(27,28)29)11-15(12-19(20)26)31-22-32-21(30)33-34-22/h6-9,11-12,16H,4-5,10,13H2,1-3H3,(H4,30,31,32,33,34). The van der Waals surface area contributed by atoms with Gasteiger partial charge in [0.2, 0.25) is 11.9 Å². The first-order valence-electron chi connectivity index (χ1n) is 11.9. The number of hydrogen-bond acceptors (Lipinski definition) is 7. The minimum absolute atomic E-state index is 0.00781. The molecule has 2 heterocycles. The first-order valence-corrected chi connectivity index (χ1v) is 12.3. The Morgan fingerprint density at radius 1 is 1.24 bits per heavy atom. The van der Waals surface area contributed by atoms with Gasteiger partial charge in [0.05, 0.1) is 16.6 Å². The van der Waals surface area contributed by atoms with E-state index >= 15 is 0 Å². The van der Waals surface area contributed by atoms with E-state index in [0.717, 1.165) is 18.9 Å². The zero-order valence-corrected chi connectivity index (χ0v) is 21.8. The van der Waals surface area contributed by atoms with Gasteiger partial charge in [-0.05, 0) is 63.4 Å². The predicted molar refractivity (Wildman–Crippen MR) is 137 cm³/mol. The van der Waals surface area contributed by atoms with Gasteiger partial charge in [-0.15, -0.1) is 5.10 Å². The van der Waals surface area contributed by atoms with Crippen LogP contribution in [0.5, 0.6) is 5.75 Å². The summed E-state index contributed by atoms with van der Waals surface area (Å²) < 4.78 is 53.3. The van der Waals surface area contributed by atoms with Gasteiger partial charge in [-0.2, -0.15) is 18.2 Å².